The maximum absolute atomic E-state index is 12.6. The van der Waals surface area contributed by atoms with Crippen LogP contribution in [0.2, 0.25) is 0 Å². The molecule has 0 aliphatic carbocycles. The number of rotatable bonds is 4. The molecule has 1 aliphatic heterocycles. The third-order valence-corrected chi connectivity index (χ3v) is 4.27. The van der Waals surface area contributed by atoms with Crippen molar-refractivity contribution < 1.29 is 19.0 Å². The van der Waals surface area contributed by atoms with E-state index in [2.05, 4.69) is 15.9 Å². The van der Waals surface area contributed by atoms with Crippen molar-refractivity contribution in [3.63, 3.8) is 0 Å². The Balaban J connectivity index is 1.99. The smallest absolute Gasteiger partial charge is 0.196 e. The fraction of sp³-hybridized carbons (Fsp3) is 0.211. The molecule has 0 saturated heterocycles. The highest BCUT2D eigenvalue weighted by Gasteiger charge is 2.23. The van der Waals surface area contributed by atoms with Gasteiger partial charge >= 0.3 is 0 Å². The Labute approximate surface area is 149 Å². The van der Waals surface area contributed by atoms with Crippen LogP contribution in [0.3, 0.4) is 0 Å². The summed E-state index contributed by atoms with van der Waals surface area (Å²) in [6, 6.07) is 11.0. The number of Topliss-reactive ketones (excluding diaryl/α,β-unsaturated/α-hetero) is 1. The zero-order valence-corrected chi connectivity index (χ0v) is 15.1. The summed E-state index contributed by atoms with van der Waals surface area (Å²) < 4.78 is 17.4. The summed E-state index contributed by atoms with van der Waals surface area (Å²) in [4.78, 5) is 12.6. The zero-order valence-electron chi connectivity index (χ0n) is 13.5. The van der Waals surface area contributed by atoms with Gasteiger partial charge in [-0.1, -0.05) is 12.1 Å². The number of benzene rings is 2. The lowest BCUT2D eigenvalue weighted by Gasteiger charge is -2.19. The number of ketones is 1. The summed E-state index contributed by atoms with van der Waals surface area (Å²) in [5.74, 6) is 1.88. The number of ether oxygens (including phenoxy) is 3. The highest BCUT2D eigenvalue weighted by Crippen LogP contribution is 2.37. The molecule has 0 bridgehead atoms. The maximum atomic E-state index is 12.6. The number of methoxy groups -OCH3 is 1. The third-order valence-electron chi connectivity index (χ3n) is 3.68. The Morgan fingerprint density at radius 2 is 2.08 bits per heavy atom. The van der Waals surface area contributed by atoms with Crippen molar-refractivity contribution in [2.75, 3.05) is 20.3 Å². The van der Waals surface area contributed by atoms with E-state index in [-0.39, 0.29) is 12.4 Å². The topological polar surface area (TPSA) is 44.8 Å². The van der Waals surface area contributed by atoms with E-state index in [1.807, 2.05) is 37.3 Å². The molecule has 0 atom stereocenters. The van der Waals surface area contributed by atoms with E-state index in [0.29, 0.717) is 35.0 Å². The summed E-state index contributed by atoms with van der Waals surface area (Å²) in [5.41, 5.74) is 2.04. The van der Waals surface area contributed by atoms with Crippen molar-refractivity contribution >= 4 is 27.8 Å². The summed E-state index contributed by atoms with van der Waals surface area (Å²) in [7, 11) is 1.59. The van der Waals surface area contributed by atoms with E-state index in [4.69, 9.17) is 14.2 Å². The van der Waals surface area contributed by atoms with Crippen LogP contribution in [0.4, 0.5) is 0 Å². The molecule has 0 fully saturated rings. The lowest BCUT2D eigenvalue weighted by molar-refractivity contribution is 0.100. The van der Waals surface area contributed by atoms with Crippen LogP contribution in [0.1, 0.15) is 22.8 Å². The van der Waals surface area contributed by atoms with Crippen LogP contribution in [0, 0.1) is 0 Å². The molecule has 2 aromatic carbocycles. The van der Waals surface area contributed by atoms with Crippen LogP contribution >= 0.6 is 15.9 Å². The van der Waals surface area contributed by atoms with Crippen LogP contribution in [0.5, 0.6) is 17.2 Å². The number of fused-ring (bicyclic) bond motifs is 1. The highest BCUT2D eigenvalue weighted by atomic mass is 79.9. The third kappa shape index (κ3) is 3.17. The van der Waals surface area contributed by atoms with E-state index in [9.17, 15) is 4.79 Å². The first-order valence-corrected chi connectivity index (χ1v) is 8.40. The molecule has 0 aromatic heterocycles. The van der Waals surface area contributed by atoms with Crippen molar-refractivity contribution in [3.05, 3.63) is 57.6 Å². The number of carbonyl (C=O) groups excluding carboxylic acids is 1. The molecule has 0 N–H and O–H groups in total. The van der Waals surface area contributed by atoms with Crippen molar-refractivity contribution in [3.8, 4) is 17.2 Å². The molecule has 4 nitrogen and oxygen atoms in total. The molecule has 0 unspecified atom stereocenters. The van der Waals surface area contributed by atoms with E-state index in [1.165, 1.54) is 0 Å². The van der Waals surface area contributed by atoms with Gasteiger partial charge in [-0.25, -0.2) is 0 Å². The predicted octanol–water partition coefficient (Wildman–Crippen LogP) is 4.52. The molecule has 1 heterocycles. The zero-order chi connectivity index (χ0) is 17.1. The molecular formula is C19H17BrO4. The summed E-state index contributed by atoms with van der Waals surface area (Å²) in [6.45, 7) is 2.69. The second kappa shape index (κ2) is 7.09. The van der Waals surface area contributed by atoms with Crippen molar-refractivity contribution in [2.24, 2.45) is 0 Å². The lowest BCUT2D eigenvalue weighted by Crippen LogP contribution is -2.18. The van der Waals surface area contributed by atoms with Crippen molar-refractivity contribution in [1.82, 2.24) is 0 Å². The molecule has 24 heavy (non-hydrogen) atoms. The summed E-state index contributed by atoms with van der Waals surface area (Å²) >= 11 is 3.48. The number of hydrogen-bond acceptors (Lipinski definition) is 4. The predicted molar refractivity (Wildman–Crippen MR) is 96.1 cm³/mol. The molecule has 2 aromatic rings. The summed E-state index contributed by atoms with van der Waals surface area (Å²) in [6.07, 6.45) is 1.82. The average Bonchev–Trinajstić information content (AvgIpc) is 2.58. The Morgan fingerprint density at radius 3 is 2.83 bits per heavy atom. The normalized spacial score (nSPS) is 15.0. The quantitative estimate of drug-likeness (QED) is 0.722. The van der Waals surface area contributed by atoms with Gasteiger partial charge in [0.25, 0.3) is 0 Å². The molecular weight excluding hydrogens is 372 g/mol. The highest BCUT2D eigenvalue weighted by molar-refractivity contribution is 9.10. The second-order valence-electron chi connectivity index (χ2n) is 5.25. The van der Waals surface area contributed by atoms with Crippen LogP contribution in [0.15, 0.2) is 46.4 Å². The number of carbonyl (C=O) groups is 1. The number of para-hydroxylation sites is 1. The van der Waals surface area contributed by atoms with Gasteiger partial charge in [-0.2, -0.15) is 0 Å². The van der Waals surface area contributed by atoms with Crippen LogP contribution in [0.25, 0.3) is 6.08 Å². The summed E-state index contributed by atoms with van der Waals surface area (Å²) in [5, 5.41) is 0. The Bertz CT molecular complexity index is 811. The Morgan fingerprint density at radius 1 is 1.29 bits per heavy atom. The van der Waals surface area contributed by atoms with E-state index < -0.39 is 0 Å². The SMILES string of the molecule is CCOc1cc(/C=C2/COc3ccccc3C2=O)cc(Br)c1OC. The molecule has 0 amide bonds. The van der Waals surface area contributed by atoms with E-state index in [1.54, 1.807) is 19.2 Å². The minimum atomic E-state index is -0.0123. The lowest BCUT2D eigenvalue weighted by atomic mass is 9.98. The van der Waals surface area contributed by atoms with Crippen LogP contribution < -0.4 is 14.2 Å². The van der Waals surface area contributed by atoms with Crippen molar-refractivity contribution in [1.29, 1.82) is 0 Å². The van der Waals surface area contributed by atoms with Crippen LogP contribution in [-0.2, 0) is 0 Å². The molecule has 0 saturated carbocycles. The van der Waals surface area contributed by atoms with Gasteiger partial charge in [-0.05, 0) is 58.8 Å². The largest absolute Gasteiger partial charge is 0.492 e. The van der Waals surface area contributed by atoms with Gasteiger partial charge in [0.2, 0.25) is 0 Å². The molecule has 124 valence electrons. The monoisotopic (exact) mass is 388 g/mol. The fourth-order valence-electron chi connectivity index (χ4n) is 2.61. The second-order valence-corrected chi connectivity index (χ2v) is 6.10. The van der Waals surface area contributed by atoms with Gasteiger partial charge in [0.15, 0.2) is 17.3 Å². The van der Waals surface area contributed by atoms with Gasteiger partial charge in [0, 0.05) is 5.57 Å². The average molecular weight is 389 g/mol. The Hall–Kier alpha value is -2.27. The first-order chi connectivity index (χ1) is 11.6. The molecule has 0 spiro atoms. The van der Waals surface area contributed by atoms with Gasteiger partial charge in [0.1, 0.15) is 12.4 Å². The van der Waals surface area contributed by atoms with Gasteiger partial charge < -0.3 is 14.2 Å². The molecule has 1 aliphatic rings. The Kier molecular flexibility index (Phi) is 4.90. The fourth-order valence-corrected chi connectivity index (χ4v) is 3.24. The van der Waals surface area contributed by atoms with Crippen molar-refractivity contribution in [2.45, 2.75) is 6.92 Å². The van der Waals surface area contributed by atoms with Gasteiger partial charge in [0.05, 0.1) is 23.8 Å². The molecule has 5 heteroatoms. The molecule has 0 radical (unpaired) electrons. The van der Waals surface area contributed by atoms with E-state index in [0.717, 1.165) is 10.0 Å². The van der Waals surface area contributed by atoms with Crippen LogP contribution in [-0.4, -0.2) is 26.1 Å². The van der Waals surface area contributed by atoms with Gasteiger partial charge in [-0.3, -0.25) is 4.79 Å². The van der Waals surface area contributed by atoms with Gasteiger partial charge in [-0.15, -0.1) is 0 Å². The van der Waals surface area contributed by atoms with E-state index >= 15 is 0 Å². The first-order valence-electron chi connectivity index (χ1n) is 7.61. The maximum Gasteiger partial charge on any atom is 0.196 e. The molecule has 3 rings (SSSR count). The standard InChI is InChI=1S/C19H17BrO4/c1-3-23-17-10-12(9-15(20)19(17)22-2)8-13-11-24-16-7-5-4-6-14(16)18(13)21/h4-10H,3,11H2,1-2H3/b13-8-. The number of hydrogen-bond donors (Lipinski definition) is 0. The number of halogens is 1. The minimum absolute atomic E-state index is 0.0123. The minimum Gasteiger partial charge on any atom is -0.492 e. The first kappa shape index (κ1) is 16.6.